The summed E-state index contributed by atoms with van der Waals surface area (Å²) in [5.74, 6) is -0.574. The van der Waals surface area contributed by atoms with E-state index in [0.29, 0.717) is 48.3 Å². The smallest absolute Gasteiger partial charge is 0.418 e. The van der Waals surface area contributed by atoms with Gasteiger partial charge in [0.15, 0.2) is 0 Å². The largest absolute Gasteiger partial charge is 0.478 e. The second-order valence-electron chi connectivity index (χ2n) is 10.5. The molecule has 0 amide bonds. The number of benzene rings is 2. The number of hydrogen-bond acceptors (Lipinski definition) is 3. The number of likely N-dealkylation sites (tertiary alicyclic amines) is 1. The van der Waals surface area contributed by atoms with Gasteiger partial charge in [-0.2, -0.15) is 13.2 Å². The Kier molecular flexibility index (Phi) is 8.29. The topological polar surface area (TPSA) is 53.4 Å². The summed E-state index contributed by atoms with van der Waals surface area (Å²) < 4.78 is 54.8. The molecule has 1 aliphatic carbocycles. The SMILES string of the molecule is O=C(O)c1ccc2c(c1)CCCC(c1nc(Cl)ccc1C(F)(F)F)=C2c1ccc(CC2CN(CCCF)C2)cc1. The first-order chi connectivity index (χ1) is 19.1. The van der Waals surface area contributed by atoms with Crippen molar-refractivity contribution in [1.82, 2.24) is 9.88 Å². The Morgan fingerprint density at radius 3 is 2.48 bits per heavy atom. The molecule has 0 spiro atoms. The van der Waals surface area contributed by atoms with Gasteiger partial charge in [0.05, 0.1) is 23.5 Å². The minimum absolute atomic E-state index is 0.0306. The molecular weight excluding hydrogens is 544 g/mol. The summed E-state index contributed by atoms with van der Waals surface area (Å²) in [5, 5.41) is 9.50. The Balaban J connectivity index is 1.57. The van der Waals surface area contributed by atoms with E-state index in [0.717, 1.165) is 54.9 Å². The van der Waals surface area contributed by atoms with Crippen molar-refractivity contribution in [3.8, 4) is 0 Å². The number of aromatic carboxylic acids is 1. The Labute approximate surface area is 235 Å². The zero-order valence-corrected chi connectivity index (χ0v) is 22.5. The summed E-state index contributed by atoms with van der Waals surface area (Å²) in [6.07, 6.45) is -1.85. The zero-order chi connectivity index (χ0) is 28.4. The van der Waals surface area contributed by atoms with Crippen LogP contribution in [0.25, 0.3) is 11.1 Å². The third-order valence-electron chi connectivity index (χ3n) is 7.66. The molecule has 4 nitrogen and oxygen atoms in total. The highest BCUT2D eigenvalue weighted by Gasteiger charge is 2.36. The summed E-state index contributed by atoms with van der Waals surface area (Å²) in [7, 11) is 0. The van der Waals surface area contributed by atoms with E-state index in [1.807, 2.05) is 24.3 Å². The Hall–Kier alpha value is -3.23. The number of hydrogen-bond donors (Lipinski definition) is 1. The van der Waals surface area contributed by atoms with Gasteiger partial charge in [0, 0.05) is 19.6 Å². The fourth-order valence-electron chi connectivity index (χ4n) is 5.79. The van der Waals surface area contributed by atoms with Crippen LogP contribution in [0.4, 0.5) is 17.6 Å². The fraction of sp³-hybridized carbons (Fsp3) is 0.355. The van der Waals surface area contributed by atoms with Gasteiger partial charge >= 0.3 is 12.1 Å². The molecule has 3 aromatic rings. The van der Waals surface area contributed by atoms with E-state index in [4.69, 9.17) is 11.6 Å². The summed E-state index contributed by atoms with van der Waals surface area (Å²) in [6, 6.07) is 14.7. The van der Waals surface area contributed by atoms with Crippen LogP contribution in [0, 0.1) is 5.92 Å². The molecule has 1 fully saturated rings. The molecular formula is C31H29ClF4N2O2. The van der Waals surface area contributed by atoms with Gasteiger partial charge < -0.3 is 10.0 Å². The molecule has 0 atom stereocenters. The minimum Gasteiger partial charge on any atom is -0.478 e. The van der Waals surface area contributed by atoms with E-state index in [9.17, 15) is 27.5 Å². The van der Waals surface area contributed by atoms with Crippen molar-refractivity contribution in [3.63, 3.8) is 0 Å². The van der Waals surface area contributed by atoms with Gasteiger partial charge in [-0.05, 0) is 95.7 Å². The maximum atomic E-state index is 14.1. The van der Waals surface area contributed by atoms with Crippen molar-refractivity contribution in [1.29, 1.82) is 0 Å². The summed E-state index contributed by atoms with van der Waals surface area (Å²) in [4.78, 5) is 18.1. The highest BCUT2D eigenvalue weighted by molar-refractivity contribution is 6.29. The number of carbonyl (C=O) groups is 1. The highest BCUT2D eigenvalue weighted by atomic mass is 35.5. The first-order valence-electron chi connectivity index (χ1n) is 13.4. The lowest BCUT2D eigenvalue weighted by molar-refractivity contribution is -0.138. The van der Waals surface area contributed by atoms with Gasteiger partial charge in [0.25, 0.3) is 0 Å². The maximum absolute atomic E-state index is 14.1. The lowest BCUT2D eigenvalue weighted by Crippen LogP contribution is -2.47. The molecule has 0 bridgehead atoms. The van der Waals surface area contributed by atoms with Gasteiger partial charge in [0.2, 0.25) is 0 Å². The van der Waals surface area contributed by atoms with Crippen LogP contribution >= 0.6 is 11.6 Å². The van der Waals surface area contributed by atoms with Crippen LogP contribution in [0.15, 0.2) is 54.6 Å². The van der Waals surface area contributed by atoms with Gasteiger partial charge in [-0.3, -0.25) is 4.39 Å². The van der Waals surface area contributed by atoms with Crippen LogP contribution in [-0.2, 0) is 19.0 Å². The van der Waals surface area contributed by atoms with Crippen LogP contribution < -0.4 is 0 Å². The quantitative estimate of drug-likeness (QED) is 0.223. The molecule has 0 saturated carbocycles. The molecule has 1 aromatic heterocycles. The number of carboxylic acids is 1. The predicted molar refractivity (Wildman–Crippen MR) is 147 cm³/mol. The summed E-state index contributed by atoms with van der Waals surface area (Å²) in [6.45, 7) is 2.31. The third kappa shape index (κ3) is 6.08. The van der Waals surface area contributed by atoms with Gasteiger partial charge in [-0.1, -0.05) is 41.9 Å². The van der Waals surface area contributed by atoms with Crippen molar-refractivity contribution in [2.45, 2.75) is 38.3 Å². The zero-order valence-electron chi connectivity index (χ0n) is 21.8. The Bertz CT molecular complexity index is 1430. The molecule has 5 rings (SSSR count). The number of aromatic nitrogens is 1. The second-order valence-corrected chi connectivity index (χ2v) is 10.9. The summed E-state index contributed by atoms with van der Waals surface area (Å²) in [5.41, 5.74) is 3.45. The number of allylic oxidation sites excluding steroid dienone is 1. The molecule has 210 valence electrons. The average molecular weight is 573 g/mol. The predicted octanol–water partition coefficient (Wildman–Crippen LogP) is 7.58. The van der Waals surface area contributed by atoms with E-state index in [1.54, 1.807) is 12.1 Å². The van der Waals surface area contributed by atoms with E-state index < -0.39 is 17.7 Å². The Morgan fingerprint density at radius 2 is 1.80 bits per heavy atom. The van der Waals surface area contributed by atoms with Gasteiger partial charge in [0.1, 0.15) is 5.15 Å². The lowest BCUT2D eigenvalue weighted by atomic mass is 9.86. The maximum Gasteiger partial charge on any atom is 0.418 e. The number of nitrogens with zero attached hydrogens (tertiary/aromatic N) is 2. The summed E-state index contributed by atoms with van der Waals surface area (Å²) >= 11 is 6.11. The normalized spacial score (nSPS) is 16.4. The van der Waals surface area contributed by atoms with Crippen molar-refractivity contribution < 1.29 is 27.5 Å². The second kappa shape index (κ2) is 11.7. The van der Waals surface area contributed by atoms with Crippen LogP contribution in [0.3, 0.4) is 0 Å². The number of fused-ring (bicyclic) bond motifs is 1. The molecule has 1 aliphatic heterocycles. The fourth-order valence-corrected chi connectivity index (χ4v) is 5.94. The van der Waals surface area contributed by atoms with Crippen molar-refractivity contribution in [3.05, 3.63) is 98.8 Å². The van der Waals surface area contributed by atoms with Gasteiger partial charge in [-0.15, -0.1) is 0 Å². The van der Waals surface area contributed by atoms with E-state index in [1.165, 1.54) is 6.07 Å². The van der Waals surface area contributed by atoms with E-state index in [-0.39, 0.29) is 23.1 Å². The molecule has 9 heteroatoms. The molecule has 2 aliphatic rings. The number of pyridine rings is 1. The van der Waals surface area contributed by atoms with Crippen LogP contribution in [0.1, 0.15) is 63.1 Å². The molecule has 1 N–H and O–H groups in total. The standard InChI is InChI=1S/C31H29ClF4N2O2/c32-27-12-11-26(31(34,35)36)29(37-27)25-4-1-3-22-16-23(30(39)40)9-10-24(22)28(25)21-7-5-19(6-8-21)15-20-17-38(18-20)14-2-13-33/h5-12,16,20H,1-4,13-15,17-18H2,(H,39,40). The first-order valence-corrected chi connectivity index (χ1v) is 13.7. The first kappa shape index (κ1) is 28.3. The number of rotatable bonds is 8. The van der Waals surface area contributed by atoms with E-state index in [2.05, 4.69) is 9.88 Å². The average Bonchev–Trinajstić information content (AvgIpc) is 3.08. The number of alkyl halides is 4. The van der Waals surface area contributed by atoms with E-state index >= 15 is 0 Å². The molecule has 2 aromatic carbocycles. The molecule has 0 radical (unpaired) electrons. The van der Waals surface area contributed by atoms with Crippen molar-refractivity contribution in [2.24, 2.45) is 5.92 Å². The molecule has 40 heavy (non-hydrogen) atoms. The van der Waals surface area contributed by atoms with Crippen LogP contribution in [-0.4, -0.2) is 47.3 Å². The number of aryl methyl sites for hydroxylation is 1. The molecule has 1 saturated heterocycles. The monoisotopic (exact) mass is 572 g/mol. The molecule has 2 heterocycles. The van der Waals surface area contributed by atoms with Gasteiger partial charge in [-0.25, -0.2) is 9.78 Å². The van der Waals surface area contributed by atoms with Crippen LogP contribution in [0.2, 0.25) is 5.15 Å². The lowest BCUT2D eigenvalue weighted by Gasteiger charge is -2.39. The van der Waals surface area contributed by atoms with Crippen molar-refractivity contribution in [2.75, 3.05) is 26.3 Å². The highest BCUT2D eigenvalue weighted by Crippen LogP contribution is 2.44. The minimum atomic E-state index is -4.63. The Morgan fingerprint density at radius 1 is 1.05 bits per heavy atom. The van der Waals surface area contributed by atoms with Crippen molar-refractivity contribution >= 4 is 28.7 Å². The molecule has 0 unspecified atom stereocenters. The number of halogens is 5. The number of carboxylic acid groups (broad SMARTS) is 1. The third-order valence-corrected chi connectivity index (χ3v) is 7.87. The van der Waals surface area contributed by atoms with Crippen LogP contribution in [0.5, 0.6) is 0 Å².